The Morgan fingerprint density at radius 2 is 1.83 bits per heavy atom. The van der Waals surface area contributed by atoms with Crippen molar-refractivity contribution in [2.75, 3.05) is 17.9 Å². The summed E-state index contributed by atoms with van der Waals surface area (Å²) >= 11 is 1.82. The first-order chi connectivity index (χ1) is 14.4. The number of nitrogens with zero attached hydrogens (tertiary/aromatic N) is 2. The van der Waals surface area contributed by atoms with Crippen molar-refractivity contribution >= 4 is 23.1 Å². The van der Waals surface area contributed by atoms with Gasteiger partial charge in [-0.1, -0.05) is 45.0 Å². The largest absolute Gasteiger partial charge is 0.437 e. The number of rotatable bonds is 5. The van der Waals surface area contributed by atoms with Crippen molar-refractivity contribution in [3.8, 4) is 11.6 Å². The van der Waals surface area contributed by atoms with Gasteiger partial charge in [-0.15, -0.1) is 11.8 Å². The van der Waals surface area contributed by atoms with Gasteiger partial charge in [0, 0.05) is 23.8 Å². The standard InChI is InChI=1S/C25H28N2O2S/c1-17(28-5)18-12-13-20-23(15-18)30-16-27(20)21-10-8-14-26-24(21)29-22-11-7-6-9-19(22)25(2,3)4/h6-15,17H,16H2,1-5H3. The molecule has 4 rings (SSSR count). The lowest BCUT2D eigenvalue weighted by Gasteiger charge is -2.24. The molecule has 1 aliphatic heterocycles. The van der Waals surface area contributed by atoms with E-state index in [1.807, 2.05) is 30.0 Å². The molecule has 2 aromatic carbocycles. The van der Waals surface area contributed by atoms with Crippen LogP contribution in [0.4, 0.5) is 11.4 Å². The van der Waals surface area contributed by atoms with Gasteiger partial charge in [0.2, 0.25) is 5.88 Å². The fourth-order valence-corrected chi connectivity index (χ4v) is 4.70. The van der Waals surface area contributed by atoms with Gasteiger partial charge < -0.3 is 14.4 Å². The zero-order valence-corrected chi connectivity index (χ0v) is 19.0. The Kier molecular flexibility index (Phi) is 5.76. The molecule has 156 valence electrons. The van der Waals surface area contributed by atoms with Crippen molar-refractivity contribution in [1.82, 2.24) is 4.98 Å². The molecule has 0 spiro atoms. The maximum Gasteiger partial charge on any atom is 0.243 e. The molecule has 4 nitrogen and oxygen atoms in total. The van der Waals surface area contributed by atoms with Crippen molar-refractivity contribution in [3.63, 3.8) is 0 Å². The Balaban J connectivity index is 1.69. The van der Waals surface area contributed by atoms with Gasteiger partial charge in [-0.25, -0.2) is 4.98 Å². The van der Waals surface area contributed by atoms with Crippen molar-refractivity contribution in [2.45, 2.75) is 44.1 Å². The van der Waals surface area contributed by atoms with Gasteiger partial charge in [-0.2, -0.15) is 0 Å². The van der Waals surface area contributed by atoms with E-state index in [0.717, 1.165) is 22.9 Å². The first kappa shape index (κ1) is 20.8. The summed E-state index contributed by atoms with van der Waals surface area (Å²) in [7, 11) is 1.74. The predicted molar refractivity (Wildman–Crippen MR) is 124 cm³/mol. The van der Waals surface area contributed by atoms with Gasteiger partial charge >= 0.3 is 0 Å². The number of benzene rings is 2. The number of hydrogen-bond acceptors (Lipinski definition) is 5. The maximum absolute atomic E-state index is 6.39. The highest BCUT2D eigenvalue weighted by Gasteiger charge is 2.26. The molecule has 0 N–H and O–H groups in total. The van der Waals surface area contributed by atoms with Crippen LogP contribution in [0.1, 0.15) is 44.9 Å². The molecule has 0 saturated carbocycles. The van der Waals surface area contributed by atoms with E-state index in [4.69, 9.17) is 9.47 Å². The molecule has 0 radical (unpaired) electrons. The minimum absolute atomic E-state index is 0.0178. The summed E-state index contributed by atoms with van der Waals surface area (Å²) in [4.78, 5) is 8.10. The summed E-state index contributed by atoms with van der Waals surface area (Å²) in [5, 5.41) is 0. The fraction of sp³-hybridized carbons (Fsp3) is 0.320. The monoisotopic (exact) mass is 420 g/mol. The van der Waals surface area contributed by atoms with Gasteiger partial charge in [0.1, 0.15) is 11.4 Å². The third kappa shape index (κ3) is 4.05. The first-order valence-electron chi connectivity index (χ1n) is 10.2. The Labute approximate surface area is 183 Å². The maximum atomic E-state index is 6.39. The predicted octanol–water partition coefficient (Wildman–Crippen LogP) is 7.08. The van der Waals surface area contributed by atoms with Crippen LogP contribution in [0.5, 0.6) is 11.6 Å². The van der Waals surface area contributed by atoms with Gasteiger partial charge in [0.05, 0.1) is 17.7 Å². The van der Waals surface area contributed by atoms with Crippen LogP contribution in [0.25, 0.3) is 0 Å². The molecular weight excluding hydrogens is 392 g/mol. The molecule has 0 aliphatic carbocycles. The molecule has 30 heavy (non-hydrogen) atoms. The van der Waals surface area contributed by atoms with E-state index < -0.39 is 0 Å². The van der Waals surface area contributed by atoms with Gasteiger partial charge in [0.25, 0.3) is 0 Å². The summed E-state index contributed by atoms with van der Waals surface area (Å²) in [6.45, 7) is 8.65. The quantitative estimate of drug-likeness (QED) is 0.440. The number of para-hydroxylation sites is 1. The second-order valence-electron chi connectivity index (χ2n) is 8.48. The number of aromatic nitrogens is 1. The number of hydrogen-bond donors (Lipinski definition) is 0. The third-order valence-electron chi connectivity index (χ3n) is 5.39. The number of thioether (sulfide) groups is 1. The third-order valence-corrected chi connectivity index (χ3v) is 6.42. The van der Waals surface area contributed by atoms with E-state index in [9.17, 15) is 0 Å². The molecule has 1 aromatic heterocycles. The second kappa shape index (κ2) is 8.32. The molecule has 0 fully saturated rings. The average Bonchev–Trinajstić information content (AvgIpc) is 3.16. The van der Waals surface area contributed by atoms with E-state index in [2.05, 4.69) is 74.0 Å². The highest BCUT2D eigenvalue weighted by Crippen LogP contribution is 2.47. The Morgan fingerprint density at radius 3 is 2.60 bits per heavy atom. The topological polar surface area (TPSA) is 34.6 Å². The Bertz CT molecular complexity index is 1050. The molecule has 3 aromatic rings. The van der Waals surface area contributed by atoms with E-state index in [-0.39, 0.29) is 11.5 Å². The van der Waals surface area contributed by atoms with Crippen LogP contribution >= 0.6 is 11.8 Å². The summed E-state index contributed by atoms with van der Waals surface area (Å²) < 4.78 is 11.9. The van der Waals surface area contributed by atoms with Crippen molar-refractivity contribution in [1.29, 1.82) is 0 Å². The molecule has 1 atom stereocenters. The zero-order valence-electron chi connectivity index (χ0n) is 18.2. The van der Waals surface area contributed by atoms with Crippen molar-refractivity contribution in [3.05, 3.63) is 71.9 Å². The number of methoxy groups -OCH3 is 1. The SMILES string of the molecule is COC(C)c1ccc2c(c1)SCN2c1cccnc1Oc1ccccc1C(C)(C)C. The number of fused-ring (bicyclic) bond motifs is 1. The van der Waals surface area contributed by atoms with Crippen LogP contribution in [-0.4, -0.2) is 18.0 Å². The van der Waals surface area contributed by atoms with Crippen LogP contribution in [0.15, 0.2) is 65.7 Å². The molecule has 0 bridgehead atoms. The summed E-state index contributed by atoms with van der Waals surface area (Å²) in [5.74, 6) is 2.29. The Hall–Kier alpha value is -2.50. The van der Waals surface area contributed by atoms with E-state index in [1.54, 1.807) is 13.3 Å². The van der Waals surface area contributed by atoms with Crippen LogP contribution in [-0.2, 0) is 10.2 Å². The number of pyridine rings is 1. The van der Waals surface area contributed by atoms with Crippen LogP contribution in [0, 0.1) is 0 Å². The van der Waals surface area contributed by atoms with Crippen LogP contribution in [0.2, 0.25) is 0 Å². The van der Waals surface area contributed by atoms with Crippen LogP contribution < -0.4 is 9.64 Å². The minimum Gasteiger partial charge on any atom is -0.437 e. The van der Waals surface area contributed by atoms with Gasteiger partial charge in [0.15, 0.2) is 0 Å². The highest BCUT2D eigenvalue weighted by molar-refractivity contribution is 7.99. The highest BCUT2D eigenvalue weighted by atomic mass is 32.2. The number of anilines is 2. The first-order valence-corrected chi connectivity index (χ1v) is 11.2. The smallest absolute Gasteiger partial charge is 0.243 e. The summed E-state index contributed by atoms with van der Waals surface area (Å²) in [5.41, 5.74) is 4.48. The summed E-state index contributed by atoms with van der Waals surface area (Å²) in [6.07, 6.45) is 1.86. The number of ether oxygens (including phenoxy) is 2. The molecule has 5 heteroatoms. The van der Waals surface area contributed by atoms with Gasteiger partial charge in [-0.05, 0) is 48.2 Å². The van der Waals surface area contributed by atoms with Crippen LogP contribution in [0.3, 0.4) is 0 Å². The van der Waals surface area contributed by atoms with E-state index in [0.29, 0.717) is 5.88 Å². The van der Waals surface area contributed by atoms with Crippen molar-refractivity contribution in [2.24, 2.45) is 0 Å². The van der Waals surface area contributed by atoms with Gasteiger partial charge in [-0.3, -0.25) is 0 Å². The van der Waals surface area contributed by atoms with E-state index >= 15 is 0 Å². The zero-order chi connectivity index (χ0) is 21.3. The van der Waals surface area contributed by atoms with E-state index in [1.165, 1.54) is 16.1 Å². The molecule has 0 saturated heterocycles. The minimum atomic E-state index is -0.0178. The lowest BCUT2D eigenvalue weighted by Crippen LogP contribution is -2.15. The molecule has 1 unspecified atom stereocenters. The molecule has 1 aliphatic rings. The molecule has 2 heterocycles. The lowest BCUT2D eigenvalue weighted by atomic mass is 9.86. The normalized spacial score (nSPS) is 14.5. The summed E-state index contributed by atoms with van der Waals surface area (Å²) in [6, 6.07) is 18.8. The lowest BCUT2D eigenvalue weighted by molar-refractivity contribution is 0.119. The average molecular weight is 421 g/mol. The fourth-order valence-electron chi connectivity index (χ4n) is 3.61. The molecular formula is C25H28N2O2S. The van der Waals surface area contributed by atoms with Crippen molar-refractivity contribution < 1.29 is 9.47 Å². The Morgan fingerprint density at radius 1 is 1.03 bits per heavy atom. The second-order valence-corrected chi connectivity index (χ2v) is 9.47. The molecule has 0 amide bonds.